The molecule has 1 N–H and O–H groups in total. The Hall–Kier alpha value is -1.92. The van der Waals surface area contributed by atoms with E-state index >= 15 is 0 Å². The van der Waals surface area contributed by atoms with Crippen LogP contribution < -0.4 is 10.2 Å². The fourth-order valence-electron chi connectivity index (χ4n) is 2.29. The van der Waals surface area contributed by atoms with Gasteiger partial charge in [0.2, 0.25) is 0 Å². The van der Waals surface area contributed by atoms with Crippen molar-refractivity contribution in [3.63, 3.8) is 0 Å². The smallest absolute Gasteiger partial charge is 0.166 e. The van der Waals surface area contributed by atoms with Crippen LogP contribution >= 0.6 is 11.6 Å². The largest absolute Gasteiger partial charge is 0.378 e. The molecule has 0 aliphatic carbocycles. The number of morpholine rings is 1. The van der Waals surface area contributed by atoms with Gasteiger partial charge in [-0.05, 0) is 12.1 Å². The van der Waals surface area contributed by atoms with Gasteiger partial charge < -0.3 is 15.0 Å². The highest BCUT2D eigenvalue weighted by atomic mass is 35.5. The molecule has 0 radical (unpaired) electrons. The normalized spacial score (nSPS) is 14.9. The molecule has 0 atom stereocenters. The molecular formula is C15H16ClFN4O. The van der Waals surface area contributed by atoms with Gasteiger partial charge in [0.25, 0.3) is 0 Å². The number of hydrogen-bond acceptors (Lipinski definition) is 5. The van der Waals surface area contributed by atoms with Gasteiger partial charge in [0.15, 0.2) is 5.82 Å². The molecule has 0 bridgehead atoms. The molecule has 3 rings (SSSR count). The van der Waals surface area contributed by atoms with Gasteiger partial charge in [0, 0.05) is 19.3 Å². The van der Waals surface area contributed by atoms with Crippen LogP contribution in [0, 0.1) is 5.82 Å². The Morgan fingerprint density at radius 2 is 2.09 bits per heavy atom. The molecule has 0 aromatic carbocycles. The van der Waals surface area contributed by atoms with Gasteiger partial charge in [-0.2, -0.15) is 0 Å². The lowest BCUT2D eigenvalue weighted by molar-refractivity contribution is 0.122. The van der Waals surface area contributed by atoms with Crippen molar-refractivity contribution in [3.8, 4) is 0 Å². The van der Waals surface area contributed by atoms with Crippen LogP contribution in [0.4, 0.5) is 15.9 Å². The van der Waals surface area contributed by atoms with Gasteiger partial charge in [-0.25, -0.2) is 9.37 Å². The van der Waals surface area contributed by atoms with Crippen molar-refractivity contribution in [2.24, 2.45) is 0 Å². The third-order valence-corrected chi connectivity index (χ3v) is 3.71. The summed E-state index contributed by atoms with van der Waals surface area (Å²) in [6, 6.07) is 5.80. The lowest BCUT2D eigenvalue weighted by Gasteiger charge is -2.28. The second-order valence-electron chi connectivity index (χ2n) is 4.92. The van der Waals surface area contributed by atoms with Crippen molar-refractivity contribution in [1.29, 1.82) is 0 Å². The van der Waals surface area contributed by atoms with E-state index < -0.39 is 5.82 Å². The first-order chi connectivity index (χ1) is 10.7. The topological polar surface area (TPSA) is 50.3 Å². The number of pyridine rings is 2. The highest BCUT2D eigenvalue weighted by Gasteiger charge is 2.13. The summed E-state index contributed by atoms with van der Waals surface area (Å²) in [7, 11) is 0. The zero-order valence-corrected chi connectivity index (χ0v) is 12.7. The van der Waals surface area contributed by atoms with Crippen LogP contribution in [-0.2, 0) is 11.3 Å². The molecule has 22 heavy (non-hydrogen) atoms. The van der Waals surface area contributed by atoms with E-state index in [9.17, 15) is 4.39 Å². The Morgan fingerprint density at radius 3 is 2.86 bits per heavy atom. The Kier molecular flexibility index (Phi) is 4.70. The fraction of sp³-hybridized carbons (Fsp3) is 0.333. The van der Waals surface area contributed by atoms with Crippen LogP contribution in [0.25, 0.3) is 0 Å². The molecule has 1 aliphatic rings. The molecule has 116 valence electrons. The molecule has 0 spiro atoms. The van der Waals surface area contributed by atoms with Crippen molar-refractivity contribution in [3.05, 3.63) is 47.1 Å². The van der Waals surface area contributed by atoms with Crippen LogP contribution in [0.2, 0.25) is 5.02 Å². The van der Waals surface area contributed by atoms with E-state index in [-0.39, 0.29) is 10.7 Å². The fourth-order valence-corrected chi connectivity index (χ4v) is 2.51. The van der Waals surface area contributed by atoms with Gasteiger partial charge in [0.1, 0.15) is 5.82 Å². The SMILES string of the molecule is Fc1cncc(Cl)c1NCc1cccc(N2CCOCC2)n1. The molecule has 2 aromatic heterocycles. The second kappa shape index (κ2) is 6.89. The molecule has 7 heteroatoms. The summed E-state index contributed by atoms with van der Waals surface area (Å²) < 4.78 is 19.0. The molecule has 0 amide bonds. The highest BCUT2D eigenvalue weighted by Crippen LogP contribution is 2.24. The van der Waals surface area contributed by atoms with Gasteiger partial charge in [0.05, 0.1) is 42.4 Å². The van der Waals surface area contributed by atoms with Gasteiger partial charge in [-0.1, -0.05) is 17.7 Å². The number of nitrogens with zero attached hydrogens (tertiary/aromatic N) is 3. The van der Waals surface area contributed by atoms with Crippen molar-refractivity contribution in [2.45, 2.75) is 6.54 Å². The molecule has 5 nitrogen and oxygen atoms in total. The first-order valence-electron chi connectivity index (χ1n) is 7.05. The maximum Gasteiger partial charge on any atom is 0.166 e. The average molecular weight is 323 g/mol. The average Bonchev–Trinajstić information content (AvgIpc) is 2.55. The predicted octanol–water partition coefficient (Wildman–Crippen LogP) is 2.72. The summed E-state index contributed by atoms with van der Waals surface area (Å²) in [5.74, 6) is 0.431. The van der Waals surface area contributed by atoms with Gasteiger partial charge >= 0.3 is 0 Å². The number of rotatable bonds is 4. The second-order valence-corrected chi connectivity index (χ2v) is 5.33. The number of ether oxygens (including phenoxy) is 1. The van der Waals surface area contributed by atoms with Crippen LogP contribution in [0.3, 0.4) is 0 Å². The zero-order valence-electron chi connectivity index (χ0n) is 11.9. The summed E-state index contributed by atoms with van der Waals surface area (Å²) in [6.07, 6.45) is 2.54. The first-order valence-corrected chi connectivity index (χ1v) is 7.43. The summed E-state index contributed by atoms with van der Waals surface area (Å²) in [4.78, 5) is 10.5. The van der Waals surface area contributed by atoms with Crippen LogP contribution in [0.15, 0.2) is 30.6 Å². The summed E-state index contributed by atoms with van der Waals surface area (Å²) in [5.41, 5.74) is 1.06. The van der Waals surface area contributed by atoms with Gasteiger partial charge in [-0.15, -0.1) is 0 Å². The molecule has 1 fully saturated rings. The van der Waals surface area contributed by atoms with Crippen molar-refractivity contribution in [2.75, 3.05) is 36.5 Å². The third kappa shape index (κ3) is 3.45. The highest BCUT2D eigenvalue weighted by molar-refractivity contribution is 6.33. The number of halogens is 2. The summed E-state index contributed by atoms with van der Waals surface area (Å²) >= 11 is 5.94. The summed E-state index contributed by atoms with van der Waals surface area (Å²) in [6.45, 7) is 3.46. The van der Waals surface area contributed by atoms with Crippen LogP contribution in [0.5, 0.6) is 0 Å². The molecule has 2 aromatic rings. The van der Waals surface area contributed by atoms with E-state index in [1.165, 1.54) is 6.20 Å². The molecule has 1 saturated heterocycles. The number of nitrogens with one attached hydrogen (secondary N) is 1. The van der Waals surface area contributed by atoms with Crippen molar-refractivity contribution in [1.82, 2.24) is 9.97 Å². The van der Waals surface area contributed by atoms with Crippen LogP contribution in [0.1, 0.15) is 5.69 Å². The number of anilines is 2. The lowest BCUT2D eigenvalue weighted by atomic mass is 10.3. The standard InChI is InChI=1S/C15H16ClFN4O/c16-12-9-18-10-13(17)15(12)19-8-11-2-1-3-14(20-11)21-4-6-22-7-5-21/h1-3,9-10H,4-8H2,(H,18,19). The predicted molar refractivity (Wildman–Crippen MR) is 83.8 cm³/mol. The van der Waals surface area contributed by atoms with E-state index in [1.807, 2.05) is 18.2 Å². The Bertz CT molecular complexity index is 629. The molecule has 3 heterocycles. The van der Waals surface area contributed by atoms with E-state index in [0.717, 1.165) is 30.8 Å². The first kappa shape index (κ1) is 15.0. The maximum absolute atomic E-state index is 13.7. The molecule has 1 aliphatic heterocycles. The Morgan fingerprint density at radius 1 is 1.27 bits per heavy atom. The summed E-state index contributed by atoms with van der Waals surface area (Å²) in [5, 5.41) is 3.23. The molecular weight excluding hydrogens is 307 g/mol. The van der Waals surface area contributed by atoms with Crippen LogP contribution in [-0.4, -0.2) is 36.3 Å². The van der Waals surface area contributed by atoms with Crippen molar-refractivity contribution < 1.29 is 9.13 Å². The Balaban J connectivity index is 1.70. The minimum absolute atomic E-state index is 0.246. The minimum atomic E-state index is -0.475. The van der Waals surface area contributed by atoms with Gasteiger partial charge in [-0.3, -0.25) is 4.98 Å². The quantitative estimate of drug-likeness (QED) is 0.938. The Labute approximate surface area is 133 Å². The molecule has 0 unspecified atom stereocenters. The van der Waals surface area contributed by atoms with E-state index in [0.29, 0.717) is 19.8 Å². The number of hydrogen-bond donors (Lipinski definition) is 1. The van der Waals surface area contributed by atoms with E-state index in [1.54, 1.807) is 0 Å². The lowest BCUT2D eigenvalue weighted by Crippen LogP contribution is -2.36. The number of aromatic nitrogens is 2. The third-order valence-electron chi connectivity index (χ3n) is 3.43. The minimum Gasteiger partial charge on any atom is -0.378 e. The maximum atomic E-state index is 13.7. The van der Waals surface area contributed by atoms with Crippen molar-refractivity contribution >= 4 is 23.1 Å². The molecule has 0 saturated carbocycles. The van der Waals surface area contributed by atoms with E-state index in [4.69, 9.17) is 16.3 Å². The monoisotopic (exact) mass is 322 g/mol. The van der Waals surface area contributed by atoms with E-state index in [2.05, 4.69) is 20.2 Å². The zero-order chi connectivity index (χ0) is 15.4.